The molecule has 0 aliphatic heterocycles. The normalized spacial score (nSPS) is 12.5. The summed E-state index contributed by atoms with van der Waals surface area (Å²) in [6, 6.07) is 16.6. The summed E-state index contributed by atoms with van der Waals surface area (Å²) in [5, 5.41) is 11.7. The van der Waals surface area contributed by atoms with E-state index in [4.69, 9.17) is 10.00 Å². The van der Waals surface area contributed by atoms with E-state index in [0.29, 0.717) is 17.9 Å². The summed E-state index contributed by atoms with van der Waals surface area (Å²) in [4.78, 5) is 13.5. The lowest BCUT2D eigenvalue weighted by atomic mass is 10.1. The van der Waals surface area contributed by atoms with Crippen LogP contribution in [0.4, 0.5) is 5.69 Å². The smallest absolute Gasteiger partial charge is 0.282 e. The zero-order chi connectivity index (χ0) is 18.9. The van der Waals surface area contributed by atoms with E-state index in [1.54, 1.807) is 30.3 Å². The maximum Gasteiger partial charge on any atom is 0.282 e. The maximum atomic E-state index is 12.4. The van der Waals surface area contributed by atoms with Gasteiger partial charge in [0.25, 0.3) is 5.91 Å². The van der Waals surface area contributed by atoms with Crippen molar-refractivity contribution in [2.24, 2.45) is 0 Å². The number of ether oxygens (including phenoxy) is 1. The third-order valence-corrected chi connectivity index (χ3v) is 4.19. The molecular weight excluding hydrogens is 326 g/mol. The van der Waals surface area contributed by atoms with E-state index in [-0.39, 0.29) is 11.9 Å². The molecule has 1 amide bonds. The zero-order valence-corrected chi connectivity index (χ0v) is 15.2. The van der Waals surface area contributed by atoms with Gasteiger partial charge in [0.05, 0.1) is 18.7 Å². The van der Waals surface area contributed by atoms with Gasteiger partial charge in [-0.05, 0) is 55.5 Å². The number of amides is 1. The highest BCUT2D eigenvalue weighted by atomic mass is 16.5. The lowest BCUT2D eigenvalue weighted by Crippen LogP contribution is -3.12. The zero-order valence-electron chi connectivity index (χ0n) is 15.2. The Bertz CT molecular complexity index is 776. The minimum atomic E-state index is -0.220. The van der Waals surface area contributed by atoms with Crippen LogP contribution < -0.4 is 15.0 Å². The van der Waals surface area contributed by atoms with Crippen LogP contribution in [0.3, 0.4) is 0 Å². The minimum Gasteiger partial charge on any atom is -0.490 e. The van der Waals surface area contributed by atoms with Crippen molar-refractivity contribution < 1.29 is 14.4 Å². The Hall–Kier alpha value is -3.10. The SMILES string of the molecule is C=CCOc1ccc(C[NH+](C)[C@H](C)C(=O)Nc2ccc(C#N)cc2)cc1. The Balaban J connectivity index is 1.90. The average Bonchev–Trinajstić information content (AvgIpc) is 2.67. The Morgan fingerprint density at radius 1 is 1.27 bits per heavy atom. The van der Waals surface area contributed by atoms with E-state index < -0.39 is 0 Å². The van der Waals surface area contributed by atoms with Crippen LogP contribution in [0.5, 0.6) is 5.75 Å². The van der Waals surface area contributed by atoms with E-state index in [2.05, 4.69) is 18.0 Å². The largest absolute Gasteiger partial charge is 0.490 e. The van der Waals surface area contributed by atoms with Gasteiger partial charge in [-0.15, -0.1) is 0 Å². The van der Waals surface area contributed by atoms with Crippen LogP contribution in [0.15, 0.2) is 61.2 Å². The molecule has 0 fully saturated rings. The Morgan fingerprint density at radius 3 is 2.50 bits per heavy atom. The molecule has 2 aromatic carbocycles. The number of benzene rings is 2. The molecule has 134 valence electrons. The fourth-order valence-electron chi connectivity index (χ4n) is 2.44. The molecule has 5 nitrogen and oxygen atoms in total. The van der Waals surface area contributed by atoms with Crippen molar-refractivity contribution in [3.05, 3.63) is 72.3 Å². The molecule has 0 aromatic heterocycles. The number of likely N-dealkylation sites (N-methyl/N-ethyl adjacent to an activating group) is 1. The standard InChI is InChI=1S/C21H23N3O2/c1-4-13-26-20-11-7-18(8-12-20)15-24(3)16(2)21(25)23-19-9-5-17(14-22)6-10-19/h4-12,16H,1,13,15H2,2-3H3,(H,23,25)/p+1/t16-/m1/s1. The first-order chi connectivity index (χ1) is 12.5. The fourth-order valence-corrected chi connectivity index (χ4v) is 2.44. The number of carbonyl (C=O) groups is 1. The number of quaternary nitrogens is 1. The molecule has 0 radical (unpaired) electrons. The third kappa shape index (κ3) is 5.47. The number of nitrogens with zero attached hydrogens (tertiary/aromatic N) is 1. The summed E-state index contributed by atoms with van der Waals surface area (Å²) in [7, 11) is 1.99. The number of nitriles is 1. The second-order valence-electron chi connectivity index (χ2n) is 6.17. The summed E-state index contributed by atoms with van der Waals surface area (Å²) in [6.45, 7) is 6.73. The molecule has 2 aromatic rings. The highest BCUT2D eigenvalue weighted by molar-refractivity contribution is 5.93. The molecule has 0 saturated heterocycles. The number of anilines is 1. The molecule has 0 bridgehead atoms. The monoisotopic (exact) mass is 350 g/mol. The van der Waals surface area contributed by atoms with Crippen molar-refractivity contribution in [2.45, 2.75) is 19.5 Å². The van der Waals surface area contributed by atoms with Crippen LogP contribution >= 0.6 is 0 Å². The van der Waals surface area contributed by atoms with E-state index in [9.17, 15) is 4.79 Å². The first-order valence-corrected chi connectivity index (χ1v) is 8.49. The van der Waals surface area contributed by atoms with Crippen molar-refractivity contribution in [3.8, 4) is 11.8 Å². The van der Waals surface area contributed by atoms with Gasteiger partial charge < -0.3 is 15.0 Å². The van der Waals surface area contributed by atoms with E-state index >= 15 is 0 Å². The number of nitrogens with one attached hydrogen (secondary N) is 2. The lowest BCUT2D eigenvalue weighted by molar-refractivity contribution is -0.907. The molecule has 2 atom stereocenters. The number of hydrogen-bond acceptors (Lipinski definition) is 3. The predicted molar refractivity (Wildman–Crippen MR) is 102 cm³/mol. The number of rotatable bonds is 8. The lowest BCUT2D eigenvalue weighted by Gasteiger charge is -2.21. The van der Waals surface area contributed by atoms with Gasteiger partial charge in [-0.2, -0.15) is 5.26 Å². The highest BCUT2D eigenvalue weighted by Gasteiger charge is 2.22. The molecule has 2 rings (SSSR count). The van der Waals surface area contributed by atoms with Gasteiger partial charge in [0, 0.05) is 11.3 Å². The second kappa shape index (κ2) is 9.40. The molecule has 5 heteroatoms. The quantitative estimate of drug-likeness (QED) is 0.717. The first-order valence-electron chi connectivity index (χ1n) is 8.49. The van der Waals surface area contributed by atoms with Crippen molar-refractivity contribution >= 4 is 11.6 Å². The van der Waals surface area contributed by atoms with Gasteiger partial charge in [-0.3, -0.25) is 4.79 Å². The molecule has 0 saturated carbocycles. The summed E-state index contributed by atoms with van der Waals surface area (Å²) in [5.74, 6) is 0.746. The number of carbonyl (C=O) groups excluding carboxylic acids is 1. The topological polar surface area (TPSA) is 66.6 Å². The van der Waals surface area contributed by atoms with E-state index in [0.717, 1.165) is 22.8 Å². The molecule has 0 heterocycles. The van der Waals surface area contributed by atoms with Gasteiger partial charge in [0.1, 0.15) is 18.9 Å². The first kappa shape index (κ1) is 19.2. The van der Waals surface area contributed by atoms with Crippen LogP contribution in [0.2, 0.25) is 0 Å². The minimum absolute atomic E-state index is 0.0573. The fraction of sp³-hybridized carbons (Fsp3) is 0.238. The maximum absolute atomic E-state index is 12.4. The molecule has 1 unspecified atom stereocenters. The molecule has 0 spiro atoms. The summed E-state index contributed by atoms with van der Waals surface area (Å²) in [5.41, 5.74) is 2.39. The molecule has 2 N–H and O–H groups in total. The highest BCUT2D eigenvalue weighted by Crippen LogP contribution is 2.12. The van der Waals surface area contributed by atoms with Crippen LogP contribution in [-0.2, 0) is 11.3 Å². The van der Waals surface area contributed by atoms with Gasteiger partial charge in [0.2, 0.25) is 0 Å². The van der Waals surface area contributed by atoms with Crippen molar-refractivity contribution in [1.82, 2.24) is 0 Å². The summed E-state index contributed by atoms with van der Waals surface area (Å²) >= 11 is 0. The van der Waals surface area contributed by atoms with Gasteiger partial charge in [-0.25, -0.2) is 0 Å². The van der Waals surface area contributed by atoms with Crippen LogP contribution in [-0.4, -0.2) is 25.6 Å². The Kier molecular flexibility index (Phi) is 6.95. The van der Waals surface area contributed by atoms with Gasteiger partial charge in [-0.1, -0.05) is 12.7 Å². The Morgan fingerprint density at radius 2 is 1.92 bits per heavy atom. The van der Waals surface area contributed by atoms with Crippen LogP contribution in [0.25, 0.3) is 0 Å². The van der Waals surface area contributed by atoms with Gasteiger partial charge >= 0.3 is 0 Å². The van der Waals surface area contributed by atoms with Gasteiger partial charge in [0.15, 0.2) is 6.04 Å². The van der Waals surface area contributed by atoms with Crippen LogP contribution in [0.1, 0.15) is 18.1 Å². The molecule has 0 aliphatic rings. The Labute approximate surface area is 154 Å². The average molecular weight is 350 g/mol. The van der Waals surface area contributed by atoms with Crippen molar-refractivity contribution in [2.75, 3.05) is 19.0 Å². The van der Waals surface area contributed by atoms with Crippen LogP contribution in [0, 0.1) is 11.3 Å². The van der Waals surface area contributed by atoms with E-state index in [1.165, 1.54) is 0 Å². The van der Waals surface area contributed by atoms with Crippen molar-refractivity contribution in [3.63, 3.8) is 0 Å². The summed E-state index contributed by atoms with van der Waals surface area (Å²) in [6.07, 6.45) is 1.71. The van der Waals surface area contributed by atoms with Crippen molar-refractivity contribution in [1.29, 1.82) is 5.26 Å². The second-order valence-corrected chi connectivity index (χ2v) is 6.17. The third-order valence-electron chi connectivity index (χ3n) is 4.19. The van der Waals surface area contributed by atoms with E-state index in [1.807, 2.05) is 38.2 Å². The number of hydrogen-bond donors (Lipinski definition) is 2. The predicted octanol–water partition coefficient (Wildman–Crippen LogP) is 2.16. The summed E-state index contributed by atoms with van der Waals surface area (Å²) < 4.78 is 5.47. The molecule has 26 heavy (non-hydrogen) atoms. The molecular formula is C21H24N3O2+. The molecule has 0 aliphatic carbocycles.